The summed E-state index contributed by atoms with van der Waals surface area (Å²) in [4.78, 5) is 14.1. The van der Waals surface area contributed by atoms with E-state index in [4.69, 9.17) is 5.73 Å². The van der Waals surface area contributed by atoms with Gasteiger partial charge in [-0.25, -0.2) is 0 Å². The number of amides is 1. The minimum absolute atomic E-state index is 0.0956. The number of hydrogen-bond donors (Lipinski definition) is 1. The van der Waals surface area contributed by atoms with Crippen molar-refractivity contribution in [2.24, 2.45) is 11.7 Å². The SMILES string of the molecule is CC(C)C[C@@H](N)C(=O)N1CCc2ccccc2C1. The van der Waals surface area contributed by atoms with Gasteiger partial charge in [-0.1, -0.05) is 38.1 Å². The summed E-state index contributed by atoms with van der Waals surface area (Å²) in [6.45, 7) is 5.69. The van der Waals surface area contributed by atoms with Crippen molar-refractivity contribution in [3.63, 3.8) is 0 Å². The number of benzene rings is 1. The van der Waals surface area contributed by atoms with Crippen molar-refractivity contribution in [3.05, 3.63) is 35.4 Å². The van der Waals surface area contributed by atoms with E-state index in [1.54, 1.807) is 0 Å². The van der Waals surface area contributed by atoms with Crippen LogP contribution in [-0.2, 0) is 17.8 Å². The molecule has 1 aromatic carbocycles. The maximum atomic E-state index is 12.2. The predicted octanol–water partition coefficient (Wildman–Crippen LogP) is 1.94. The Balaban J connectivity index is 2.02. The standard InChI is InChI=1S/C15H22N2O/c1-11(2)9-14(16)15(18)17-8-7-12-5-3-4-6-13(12)10-17/h3-6,11,14H,7-10,16H2,1-2H3/t14-/m1/s1. The summed E-state index contributed by atoms with van der Waals surface area (Å²) >= 11 is 0. The maximum Gasteiger partial charge on any atom is 0.239 e. The van der Waals surface area contributed by atoms with Crippen molar-refractivity contribution in [2.75, 3.05) is 6.54 Å². The summed E-state index contributed by atoms with van der Waals surface area (Å²) in [6.07, 6.45) is 1.70. The van der Waals surface area contributed by atoms with E-state index in [1.165, 1.54) is 11.1 Å². The van der Waals surface area contributed by atoms with Crippen LogP contribution >= 0.6 is 0 Å². The lowest BCUT2D eigenvalue weighted by Crippen LogP contribution is -2.46. The Bertz CT molecular complexity index is 428. The number of carbonyl (C=O) groups is 1. The lowest BCUT2D eigenvalue weighted by Gasteiger charge is -2.31. The van der Waals surface area contributed by atoms with E-state index in [2.05, 4.69) is 32.0 Å². The van der Waals surface area contributed by atoms with Crippen LogP contribution in [0.2, 0.25) is 0 Å². The Labute approximate surface area is 109 Å². The molecule has 0 saturated heterocycles. The molecule has 98 valence electrons. The number of hydrogen-bond acceptors (Lipinski definition) is 2. The molecule has 0 aliphatic carbocycles. The quantitative estimate of drug-likeness (QED) is 0.886. The number of fused-ring (bicyclic) bond motifs is 1. The molecule has 0 fully saturated rings. The van der Waals surface area contributed by atoms with Crippen molar-refractivity contribution in [1.82, 2.24) is 4.90 Å². The number of nitrogens with zero attached hydrogens (tertiary/aromatic N) is 1. The molecule has 1 amide bonds. The van der Waals surface area contributed by atoms with E-state index in [1.807, 2.05) is 11.0 Å². The van der Waals surface area contributed by atoms with Gasteiger partial charge in [-0.05, 0) is 29.9 Å². The van der Waals surface area contributed by atoms with E-state index in [-0.39, 0.29) is 11.9 Å². The number of rotatable bonds is 3. The van der Waals surface area contributed by atoms with Crippen LogP contribution in [0.3, 0.4) is 0 Å². The fourth-order valence-electron chi connectivity index (χ4n) is 2.53. The average Bonchev–Trinajstić information content (AvgIpc) is 2.36. The molecule has 0 aromatic heterocycles. The molecule has 0 spiro atoms. The lowest BCUT2D eigenvalue weighted by molar-refractivity contribution is -0.133. The predicted molar refractivity (Wildman–Crippen MR) is 73.0 cm³/mol. The summed E-state index contributed by atoms with van der Waals surface area (Å²) in [7, 11) is 0. The molecule has 0 unspecified atom stereocenters. The smallest absolute Gasteiger partial charge is 0.239 e. The van der Waals surface area contributed by atoms with Crippen molar-refractivity contribution in [2.45, 2.75) is 39.3 Å². The molecular weight excluding hydrogens is 224 g/mol. The van der Waals surface area contributed by atoms with Gasteiger partial charge in [0.05, 0.1) is 6.04 Å². The Morgan fingerprint density at radius 2 is 2.00 bits per heavy atom. The summed E-state index contributed by atoms with van der Waals surface area (Å²) in [5.41, 5.74) is 8.60. The molecule has 2 rings (SSSR count). The van der Waals surface area contributed by atoms with Crippen molar-refractivity contribution >= 4 is 5.91 Å². The third-order valence-electron chi connectivity index (χ3n) is 3.48. The van der Waals surface area contributed by atoms with Crippen LogP contribution in [-0.4, -0.2) is 23.4 Å². The zero-order chi connectivity index (χ0) is 13.1. The monoisotopic (exact) mass is 246 g/mol. The lowest BCUT2D eigenvalue weighted by atomic mass is 9.98. The molecule has 1 aliphatic rings. The molecule has 3 nitrogen and oxygen atoms in total. The van der Waals surface area contributed by atoms with Gasteiger partial charge in [0.15, 0.2) is 0 Å². The zero-order valence-corrected chi connectivity index (χ0v) is 11.2. The summed E-state index contributed by atoms with van der Waals surface area (Å²) in [6, 6.07) is 7.98. The van der Waals surface area contributed by atoms with Crippen LogP contribution in [0.25, 0.3) is 0 Å². The second-order valence-electron chi connectivity index (χ2n) is 5.51. The van der Waals surface area contributed by atoms with Gasteiger partial charge in [0.25, 0.3) is 0 Å². The van der Waals surface area contributed by atoms with Gasteiger partial charge in [-0.15, -0.1) is 0 Å². The van der Waals surface area contributed by atoms with Gasteiger partial charge >= 0.3 is 0 Å². The highest BCUT2D eigenvalue weighted by Gasteiger charge is 2.25. The normalized spacial score (nSPS) is 16.6. The van der Waals surface area contributed by atoms with Gasteiger partial charge in [0.1, 0.15) is 0 Å². The van der Waals surface area contributed by atoms with Gasteiger partial charge in [-0.3, -0.25) is 4.79 Å². The minimum Gasteiger partial charge on any atom is -0.337 e. The first-order valence-electron chi connectivity index (χ1n) is 6.69. The topological polar surface area (TPSA) is 46.3 Å². The maximum absolute atomic E-state index is 12.2. The molecule has 18 heavy (non-hydrogen) atoms. The molecule has 2 N–H and O–H groups in total. The highest BCUT2D eigenvalue weighted by molar-refractivity contribution is 5.81. The molecule has 3 heteroatoms. The van der Waals surface area contributed by atoms with Crippen LogP contribution < -0.4 is 5.73 Å². The molecule has 1 heterocycles. The fourth-order valence-corrected chi connectivity index (χ4v) is 2.53. The van der Waals surface area contributed by atoms with Crippen molar-refractivity contribution in [1.29, 1.82) is 0 Å². The first-order valence-corrected chi connectivity index (χ1v) is 6.69. The third-order valence-corrected chi connectivity index (χ3v) is 3.48. The number of carbonyl (C=O) groups excluding carboxylic acids is 1. The van der Waals surface area contributed by atoms with Gasteiger partial charge in [0.2, 0.25) is 5.91 Å². The Kier molecular flexibility index (Phi) is 4.02. The Hall–Kier alpha value is -1.35. The first-order chi connectivity index (χ1) is 8.58. The largest absolute Gasteiger partial charge is 0.337 e. The van der Waals surface area contributed by atoms with Crippen LogP contribution in [0.5, 0.6) is 0 Å². The van der Waals surface area contributed by atoms with Gasteiger partial charge in [-0.2, -0.15) is 0 Å². The van der Waals surface area contributed by atoms with Crippen molar-refractivity contribution < 1.29 is 4.79 Å². The molecular formula is C15H22N2O. The van der Waals surface area contributed by atoms with E-state index in [0.717, 1.165) is 19.4 Å². The Morgan fingerprint density at radius 1 is 1.33 bits per heavy atom. The molecule has 0 saturated carbocycles. The first kappa shape index (κ1) is 13.1. The van der Waals surface area contributed by atoms with E-state index >= 15 is 0 Å². The molecule has 0 bridgehead atoms. The molecule has 0 radical (unpaired) electrons. The van der Waals surface area contributed by atoms with Crippen molar-refractivity contribution in [3.8, 4) is 0 Å². The molecule has 1 atom stereocenters. The summed E-state index contributed by atoms with van der Waals surface area (Å²) < 4.78 is 0. The van der Waals surface area contributed by atoms with Crippen LogP contribution in [0.15, 0.2) is 24.3 Å². The fraction of sp³-hybridized carbons (Fsp3) is 0.533. The molecule has 1 aliphatic heterocycles. The average molecular weight is 246 g/mol. The van der Waals surface area contributed by atoms with Crippen LogP contribution in [0.4, 0.5) is 0 Å². The zero-order valence-electron chi connectivity index (χ0n) is 11.2. The highest BCUT2D eigenvalue weighted by Crippen LogP contribution is 2.19. The van der Waals surface area contributed by atoms with Crippen LogP contribution in [0, 0.1) is 5.92 Å². The minimum atomic E-state index is -0.352. The van der Waals surface area contributed by atoms with E-state index in [0.29, 0.717) is 12.5 Å². The summed E-state index contributed by atoms with van der Waals surface area (Å²) in [5, 5.41) is 0. The van der Waals surface area contributed by atoms with E-state index in [9.17, 15) is 4.79 Å². The Morgan fingerprint density at radius 3 is 2.67 bits per heavy atom. The van der Waals surface area contributed by atoms with E-state index < -0.39 is 0 Å². The van der Waals surface area contributed by atoms with Gasteiger partial charge in [0, 0.05) is 13.1 Å². The third kappa shape index (κ3) is 2.91. The summed E-state index contributed by atoms with van der Waals surface area (Å²) in [5.74, 6) is 0.555. The second kappa shape index (κ2) is 5.53. The number of nitrogens with two attached hydrogens (primary N) is 1. The van der Waals surface area contributed by atoms with Crippen LogP contribution in [0.1, 0.15) is 31.4 Å². The molecule has 1 aromatic rings. The van der Waals surface area contributed by atoms with Gasteiger partial charge < -0.3 is 10.6 Å². The highest BCUT2D eigenvalue weighted by atomic mass is 16.2. The second-order valence-corrected chi connectivity index (χ2v) is 5.51.